The number of aromatic amines is 2. The van der Waals surface area contributed by atoms with Gasteiger partial charge in [0, 0.05) is 19.3 Å². The molecule has 0 bridgehead atoms. The molecule has 5 aromatic rings. The normalized spacial score (nSPS) is 13.1. The number of imidazole rings is 1. The van der Waals surface area contributed by atoms with Crippen molar-refractivity contribution in [2.24, 2.45) is 0 Å². The summed E-state index contributed by atoms with van der Waals surface area (Å²) in [4.78, 5) is 40.3. The maximum atomic E-state index is 13.5. The number of carbonyl (C=O) groups excluding carboxylic acids is 2. The number of H-pyrrole nitrogens is 2. The lowest BCUT2D eigenvalue weighted by atomic mass is 10.1. The van der Waals surface area contributed by atoms with Crippen molar-refractivity contribution in [3.63, 3.8) is 0 Å². The van der Waals surface area contributed by atoms with Crippen LogP contribution in [0.5, 0.6) is 5.75 Å². The van der Waals surface area contributed by atoms with E-state index in [-0.39, 0.29) is 18.7 Å². The van der Waals surface area contributed by atoms with E-state index in [1.165, 1.54) is 24.4 Å². The van der Waals surface area contributed by atoms with Crippen molar-refractivity contribution in [1.29, 1.82) is 0 Å². The second-order valence-corrected chi connectivity index (χ2v) is 8.70. The van der Waals surface area contributed by atoms with Gasteiger partial charge in [-0.05, 0) is 11.6 Å². The van der Waals surface area contributed by atoms with Gasteiger partial charge in [-0.2, -0.15) is 5.10 Å². The number of fused-ring (bicyclic) bond motifs is 2. The molecular weight excluding hydrogens is 474 g/mol. The second-order valence-electron chi connectivity index (χ2n) is 8.70. The molecule has 0 atom stereocenters. The van der Waals surface area contributed by atoms with Gasteiger partial charge in [0.05, 0.1) is 60.5 Å². The zero-order valence-electron chi connectivity index (χ0n) is 19.9. The van der Waals surface area contributed by atoms with E-state index < -0.39 is 11.7 Å². The van der Waals surface area contributed by atoms with Crippen molar-refractivity contribution in [3.05, 3.63) is 72.1 Å². The van der Waals surface area contributed by atoms with Crippen molar-refractivity contribution < 1.29 is 19.4 Å². The molecule has 6 rings (SSSR count). The highest BCUT2D eigenvalue weighted by Gasteiger charge is 2.31. The number of amides is 1. The molecule has 0 radical (unpaired) electrons. The molecule has 0 saturated carbocycles. The minimum atomic E-state index is -0.650. The van der Waals surface area contributed by atoms with Crippen molar-refractivity contribution in [3.8, 4) is 28.4 Å². The zero-order valence-corrected chi connectivity index (χ0v) is 19.9. The number of nitrogens with zero attached hydrogens (tertiary/aromatic N) is 5. The first-order chi connectivity index (χ1) is 18.1. The second kappa shape index (κ2) is 9.03. The molecule has 4 aromatic heterocycles. The van der Waals surface area contributed by atoms with Gasteiger partial charge in [0.2, 0.25) is 0 Å². The molecule has 5 heterocycles. The number of aromatic nitrogens is 6. The third-order valence-electron chi connectivity index (χ3n) is 6.60. The summed E-state index contributed by atoms with van der Waals surface area (Å²) < 4.78 is 7.55. The summed E-state index contributed by atoms with van der Waals surface area (Å²) in [5.74, 6) is -0.176. The number of rotatable bonds is 6. The largest absolute Gasteiger partial charge is 0.494 e. The van der Waals surface area contributed by atoms with Gasteiger partial charge < -0.3 is 24.3 Å². The lowest BCUT2D eigenvalue weighted by molar-refractivity contribution is -0.127. The Morgan fingerprint density at radius 1 is 1.14 bits per heavy atom. The summed E-state index contributed by atoms with van der Waals surface area (Å²) in [6, 6.07) is 11.6. The Kier molecular flexibility index (Phi) is 5.53. The minimum absolute atomic E-state index is 0.192. The molecule has 11 nitrogen and oxygen atoms in total. The number of aliphatic hydroxyl groups is 1. The lowest BCUT2D eigenvalue weighted by Crippen LogP contribution is -2.42. The standard InChI is InChI=1S/C26H23N7O4/c1-37-20-12-29-23(18-9-16(14-34)30-31-18)24-22(20)17(10-28-24)25(35)26(36)32-7-8-33-19(11-27-21(33)13-32)15-5-3-2-4-6-15/h2-6,9-12,28,34H,7-8,13-14H2,1H3,(H,30,31). The summed E-state index contributed by atoms with van der Waals surface area (Å²) in [7, 11) is 1.48. The van der Waals surface area contributed by atoms with Crippen LogP contribution in [0.1, 0.15) is 21.9 Å². The first kappa shape index (κ1) is 22.7. The van der Waals surface area contributed by atoms with E-state index in [0.717, 1.165) is 17.1 Å². The predicted octanol–water partition coefficient (Wildman–Crippen LogP) is 2.54. The third-order valence-corrected chi connectivity index (χ3v) is 6.60. The van der Waals surface area contributed by atoms with Crippen LogP contribution in [0.15, 0.2) is 55.0 Å². The summed E-state index contributed by atoms with van der Waals surface area (Å²) in [6.07, 6.45) is 4.79. The topological polar surface area (TPSA) is 142 Å². The third kappa shape index (κ3) is 3.76. The van der Waals surface area contributed by atoms with Crippen molar-refractivity contribution >= 4 is 22.6 Å². The molecule has 0 fully saturated rings. The summed E-state index contributed by atoms with van der Waals surface area (Å²) in [5.41, 5.74) is 4.21. The number of nitrogens with one attached hydrogen (secondary N) is 2. The molecule has 1 aromatic carbocycles. The van der Waals surface area contributed by atoms with Crippen LogP contribution in [0.3, 0.4) is 0 Å². The van der Waals surface area contributed by atoms with Crippen molar-refractivity contribution in [2.45, 2.75) is 19.7 Å². The molecule has 1 amide bonds. The Hall–Kier alpha value is -4.77. The van der Waals surface area contributed by atoms with Gasteiger partial charge in [-0.3, -0.25) is 14.7 Å². The molecule has 0 aliphatic carbocycles. The highest BCUT2D eigenvalue weighted by Crippen LogP contribution is 2.34. The molecule has 1 aliphatic rings. The average Bonchev–Trinajstić information content (AvgIpc) is 3.70. The molecule has 0 saturated heterocycles. The van der Waals surface area contributed by atoms with Gasteiger partial charge in [0.15, 0.2) is 0 Å². The minimum Gasteiger partial charge on any atom is -0.494 e. The van der Waals surface area contributed by atoms with E-state index in [0.29, 0.717) is 46.8 Å². The van der Waals surface area contributed by atoms with E-state index >= 15 is 0 Å². The summed E-state index contributed by atoms with van der Waals surface area (Å²) in [5, 5.41) is 16.7. The fourth-order valence-corrected chi connectivity index (χ4v) is 4.74. The number of ether oxygens (including phenoxy) is 1. The first-order valence-corrected chi connectivity index (χ1v) is 11.7. The van der Waals surface area contributed by atoms with E-state index in [4.69, 9.17) is 4.74 Å². The SMILES string of the molecule is COc1cnc(-c2cc(CO)[nH]n2)c2[nH]cc(C(=O)C(=O)N3CCn4c(-c5ccccc5)cnc4C3)c12. The van der Waals surface area contributed by atoms with Gasteiger partial charge in [-0.1, -0.05) is 30.3 Å². The Labute approximate surface area is 210 Å². The van der Waals surface area contributed by atoms with Crippen molar-refractivity contribution in [1.82, 2.24) is 34.6 Å². The number of carbonyl (C=O) groups is 2. The van der Waals surface area contributed by atoms with Crippen LogP contribution in [-0.4, -0.2) is 65.1 Å². The molecule has 186 valence electrons. The monoisotopic (exact) mass is 497 g/mol. The molecule has 37 heavy (non-hydrogen) atoms. The first-order valence-electron chi connectivity index (χ1n) is 11.7. The van der Waals surface area contributed by atoms with Gasteiger partial charge in [0.1, 0.15) is 23.0 Å². The van der Waals surface area contributed by atoms with E-state index in [2.05, 4.69) is 29.7 Å². The predicted molar refractivity (Wildman–Crippen MR) is 134 cm³/mol. The molecule has 1 aliphatic heterocycles. The number of aliphatic hydroxyl groups excluding tert-OH is 1. The van der Waals surface area contributed by atoms with Gasteiger partial charge in [-0.25, -0.2) is 9.97 Å². The van der Waals surface area contributed by atoms with Crippen LogP contribution in [-0.2, 0) is 24.5 Å². The van der Waals surface area contributed by atoms with Gasteiger partial charge >= 0.3 is 0 Å². The number of hydrogen-bond acceptors (Lipinski definition) is 7. The molecule has 11 heteroatoms. The number of pyridine rings is 1. The quantitative estimate of drug-likeness (QED) is 0.242. The summed E-state index contributed by atoms with van der Waals surface area (Å²) in [6.45, 7) is 0.963. The number of Topliss-reactive ketones (excluding diaryl/α,β-unsaturated/α-hetero) is 1. The van der Waals surface area contributed by atoms with E-state index in [1.54, 1.807) is 12.3 Å². The number of benzene rings is 1. The van der Waals surface area contributed by atoms with E-state index in [1.807, 2.05) is 30.3 Å². The van der Waals surface area contributed by atoms with Crippen LogP contribution >= 0.6 is 0 Å². The van der Waals surface area contributed by atoms with Gasteiger partial charge in [-0.15, -0.1) is 0 Å². The zero-order chi connectivity index (χ0) is 25.5. The van der Waals surface area contributed by atoms with Gasteiger partial charge in [0.25, 0.3) is 11.7 Å². The smallest absolute Gasteiger partial charge is 0.295 e. The van der Waals surface area contributed by atoms with Crippen LogP contribution in [0.25, 0.3) is 33.5 Å². The Bertz CT molecular complexity index is 1630. The Morgan fingerprint density at radius 2 is 1.97 bits per heavy atom. The highest BCUT2D eigenvalue weighted by molar-refractivity contribution is 6.45. The fraction of sp³-hybridized carbons (Fsp3) is 0.192. The molecule has 3 N–H and O–H groups in total. The van der Waals surface area contributed by atoms with Crippen molar-refractivity contribution in [2.75, 3.05) is 13.7 Å². The number of methoxy groups -OCH3 is 1. The van der Waals surface area contributed by atoms with E-state index in [9.17, 15) is 14.7 Å². The maximum Gasteiger partial charge on any atom is 0.295 e. The Morgan fingerprint density at radius 3 is 2.73 bits per heavy atom. The van der Waals surface area contributed by atoms with Crippen LogP contribution in [0, 0.1) is 0 Å². The molecule has 0 unspecified atom stereocenters. The molecule has 0 spiro atoms. The van der Waals surface area contributed by atoms with Crippen LogP contribution in [0.4, 0.5) is 0 Å². The number of hydrogen-bond donors (Lipinski definition) is 3. The average molecular weight is 498 g/mol. The van der Waals surface area contributed by atoms with Crippen LogP contribution < -0.4 is 4.74 Å². The highest BCUT2D eigenvalue weighted by atomic mass is 16.5. The lowest BCUT2D eigenvalue weighted by Gasteiger charge is -2.28. The summed E-state index contributed by atoms with van der Waals surface area (Å²) >= 11 is 0. The Balaban J connectivity index is 1.31. The van der Waals surface area contributed by atoms with Crippen LogP contribution in [0.2, 0.25) is 0 Å². The maximum absolute atomic E-state index is 13.5. The number of ketones is 1. The fourth-order valence-electron chi connectivity index (χ4n) is 4.74. The molecular formula is C26H23N7O4.